The minimum absolute atomic E-state index is 0.0962. The van der Waals surface area contributed by atoms with E-state index in [4.69, 9.17) is 21.1 Å². The van der Waals surface area contributed by atoms with Crippen molar-refractivity contribution in [2.75, 3.05) is 19.6 Å². The Bertz CT molecular complexity index is 862. The molecule has 0 saturated carbocycles. The highest BCUT2D eigenvalue weighted by Crippen LogP contribution is 2.42. The van der Waals surface area contributed by atoms with Crippen LogP contribution < -0.4 is 5.32 Å². The van der Waals surface area contributed by atoms with Crippen molar-refractivity contribution in [1.29, 1.82) is 0 Å². The van der Waals surface area contributed by atoms with E-state index in [2.05, 4.69) is 5.32 Å². The van der Waals surface area contributed by atoms with Crippen molar-refractivity contribution in [1.82, 2.24) is 5.32 Å². The second-order valence-corrected chi connectivity index (χ2v) is 6.50. The first-order valence-electron chi connectivity index (χ1n) is 8.56. The molecule has 1 heterocycles. The van der Waals surface area contributed by atoms with Crippen LogP contribution in [0.2, 0.25) is 0 Å². The van der Waals surface area contributed by atoms with Crippen molar-refractivity contribution >= 4 is 29.2 Å². The average molecular weight is 409 g/mol. The maximum absolute atomic E-state index is 12.8. The first-order chi connectivity index (χ1) is 13.3. The van der Waals surface area contributed by atoms with Crippen molar-refractivity contribution < 1.29 is 24.0 Å². The predicted molar refractivity (Wildman–Crippen MR) is 103 cm³/mol. The summed E-state index contributed by atoms with van der Waals surface area (Å²) in [5.41, 5.74) is 1.13. The number of nitrogens with one attached hydrogen (secondary N) is 1. The van der Waals surface area contributed by atoms with E-state index >= 15 is 0 Å². The van der Waals surface area contributed by atoms with Crippen LogP contribution in [0.4, 0.5) is 5.69 Å². The number of ether oxygens (including phenoxy) is 2. The molecule has 0 bridgehead atoms. The first kappa shape index (κ1) is 21.4. The summed E-state index contributed by atoms with van der Waals surface area (Å²) in [6.07, 6.45) is 0.460. The van der Waals surface area contributed by atoms with E-state index in [0.29, 0.717) is 23.7 Å². The zero-order chi connectivity index (χ0) is 20.8. The van der Waals surface area contributed by atoms with Gasteiger partial charge >= 0.3 is 11.9 Å². The molecule has 1 N–H and O–H groups in total. The molecular weight excluding hydrogens is 388 g/mol. The van der Waals surface area contributed by atoms with Crippen LogP contribution in [0.3, 0.4) is 0 Å². The van der Waals surface area contributed by atoms with E-state index < -0.39 is 22.8 Å². The molecule has 1 unspecified atom stereocenters. The molecule has 2 rings (SSSR count). The van der Waals surface area contributed by atoms with Crippen LogP contribution >= 0.6 is 11.6 Å². The maximum atomic E-state index is 12.8. The third kappa shape index (κ3) is 4.33. The maximum Gasteiger partial charge on any atom is 0.336 e. The number of halogens is 1. The number of nitrogens with zero attached hydrogens (tertiary/aromatic N) is 1. The summed E-state index contributed by atoms with van der Waals surface area (Å²) in [5.74, 6) is -2.04. The third-order valence-electron chi connectivity index (χ3n) is 4.34. The number of alkyl halides is 1. The quantitative estimate of drug-likeness (QED) is 0.242. The molecule has 1 aliphatic rings. The molecule has 0 spiro atoms. The van der Waals surface area contributed by atoms with Crippen LogP contribution in [0.5, 0.6) is 0 Å². The smallest absolute Gasteiger partial charge is 0.336 e. The Morgan fingerprint density at radius 3 is 2.36 bits per heavy atom. The number of nitro groups is 1. The Balaban J connectivity index is 2.66. The summed E-state index contributed by atoms with van der Waals surface area (Å²) in [6, 6.07) is 5.98. The number of hydrogen-bond acceptors (Lipinski definition) is 7. The monoisotopic (exact) mass is 408 g/mol. The lowest BCUT2D eigenvalue weighted by molar-refractivity contribution is -0.385. The molecule has 28 heavy (non-hydrogen) atoms. The number of allylic oxidation sites excluding steroid dienone is 2. The average Bonchev–Trinajstić information content (AvgIpc) is 2.66. The van der Waals surface area contributed by atoms with Gasteiger partial charge in [-0.05, 0) is 20.3 Å². The minimum Gasteiger partial charge on any atom is -0.466 e. The summed E-state index contributed by atoms with van der Waals surface area (Å²) in [4.78, 5) is 36.3. The molecule has 0 saturated heterocycles. The number of carbonyl (C=O) groups excluding carboxylic acids is 2. The Labute approximate surface area is 167 Å². The molecule has 0 radical (unpaired) electrons. The summed E-state index contributed by atoms with van der Waals surface area (Å²) in [7, 11) is 1.21. The van der Waals surface area contributed by atoms with Gasteiger partial charge in [-0.3, -0.25) is 10.1 Å². The lowest BCUT2D eigenvalue weighted by Crippen LogP contribution is -2.32. The van der Waals surface area contributed by atoms with Gasteiger partial charge in [0.2, 0.25) is 0 Å². The fourth-order valence-electron chi connectivity index (χ4n) is 3.15. The first-order valence-corrected chi connectivity index (χ1v) is 9.10. The highest BCUT2D eigenvalue weighted by atomic mass is 35.5. The second kappa shape index (κ2) is 9.36. The highest BCUT2D eigenvalue weighted by molar-refractivity contribution is 6.17. The number of rotatable bonds is 7. The molecule has 1 aliphatic heterocycles. The summed E-state index contributed by atoms with van der Waals surface area (Å²) >= 11 is 5.62. The van der Waals surface area contributed by atoms with Gasteiger partial charge in [0.25, 0.3) is 5.69 Å². The third-order valence-corrected chi connectivity index (χ3v) is 4.61. The van der Waals surface area contributed by atoms with E-state index in [1.807, 2.05) is 0 Å². The van der Waals surface area contributed by atoms with Gasteiger partial charge in [-0.15, -0.1) is 11.6 Å². The van der Waals surface area contributed by atoms with Crippen LogP contribution in [0.15, 0.2) is 46.8 Å². The number of hydrogen-bond donors (Lipinski definition) is 1. The number of methoxy groups -OCH3 is 1. The number of nitro benzene ring substituents is 1. The lowest BCUT2D eigenvalue weighted by atomic mass is 9.79. The Morgan fingerprint density at radius 1 is 1.18 bits per heavy atom. The molecule has 150 valence electrons. The molecule has 1 aromatic rings. The molecule has 0 fully saturated rings. The second-order valence-electron chi connectivity index (χ2n) is 6.12. The van der Waals surface area contributed by atoms with Crippen molar-refractivity contribution in [3.8, 4) is 0 Å². The van der Waals surface area contributed by atoms with Gasteiger partial charge in [-0.2, -0.15) is 0 Å². The van der Waals surface area contributed by atoms with Gasteiger partial charge in [0, 0.05) is 28.9 Å². The Morgan fingerprint density at radius 2 is 1.79 bits per heavy atom. The van der Waals surface area contributed by atoms with Gasteiger partial charge in [-0.25, -0.2) is 9.59 Å². The van der Waals surface area contributed by atoms with Gasteiger partial charge < -0.3 is 14.8 Å². The van der Waals surface area contributed by atoms with Crippen LogP contribution in [0, 0.1) is 10.1 Å². The zero-order valence-corrected chi connectivity index (χ0v) is 16.5. The normalized spacial score (nSPS) is 16.5. The summed E-state index contributed by atoms with van der Waals surface area (Å²) in [5, 5.41) is 14.5. The molecule has 1 atom stereocenters. The Kier molecular flexibility index (Phi) is 7.17. The molecule has 8 nitrogen and oxygen atoms in total. The SMILES string of the molecule is COC(=O)C1=C(C)NC(C)=C(C(=O)OCCCCl)C1c1ccccc1[N+](=O)[O-]. The molecule has 0 aliphatic carbocycles. The summed E-state index contributed by atoms with van der Waals surface area (Å²) in [6.45, 7) is 3.39. The van der Waals surface area contributed by atoms with Crippen molar-refractivity contribution in [3.05, 3.63) is 62.5 Å². The predicted octanol–water partition coefficient (Wildman–Crippen LogP) is 3.17. The number of carbonyl (C=O) groups is 2. The molecule has 0 amide bonds. The minimum atomic E-state index is -1.00. The number of para-hydroxylation sites is 1. The molecule has 0 aromatic heterocycles. The molecule has 9 heteroatoms. The number of esters is 2. The molecule has 1 aromatic carbocycles. The van der Waals surface area contributed by atoms with Crippen molar-refractivity contribution in [2.45, 2.75) is 26.2 Å². The Hall–Kier alpha value is -2.87. The van der Waals surface area contributed by atoms with E-state index in [1.54, 1.807) is 19.9 Å². The lowest BCUT2D eigenvalue weighted by Gasteiger charge is -2.30. The standard InChI is InChI=1S/C19H21ClN2O6/c1-11-15(18(23)27-3)17(13-7-4-5-8-14(13)22(25)26)16(12(2)21-11)19(24)28-10-6-9-20/h4-5,7-8,17,21H,6,9-10H2,1-3H3. The van der Waals surface area contributed by atoms with E-state index in [1.165, 1.54) is 25.3 Å². The number of dihydropyridines is 1. The van der Waals surface area contributed by atoms with Gasteiger partial charge in [-0.1, -0.05) is 18.2 Å². The van der Waals surface area contributed by atoms with E-state index in [-0.39, 0.29) is 29.0 Å². The van der Waals surface area contributed by atoms with Crippen LogP contribution in [0.1, 0.15) is 31.7 Å². The largest absolute Gasteiger partial charge is 0.466 e. The van der Waals surface area contributed by atoms with Crippen LogP contribution in [0.25, 0.3) is 0 Å². The zero-order valence-electron chi connectivity index (χ0n) is 15.8. The van der Waals surface area contributed by atoms with Crippen LogP contribution in [-0.4, -0.2) is 36.5 Å². The van der Waals surface area contributed by atoms with Crippen LogP contribution in [-0.2, 0) is 19.1 Å². The van der Waals surface area contributed by atoms with Crippen molar-refractivity contribution in [3.63, 3.8) is 0 Å². The van der Waals surface area contributed by atoms with Gasteiger partial charge in [0.15, 0.2) is 0 Å². The number of benzene rings is 1. The van der Waals surface area contributed by atoms with Gasteiger partial charge in [0.1, 0.15) is 0 Å². The molecular formula is C19H21ClN2O6. The topological polar surface area (TPSA) is 108 Å². The summed E-state index contributed by atoms with van der Waals surface area (Å²) < 4.78 is 10.2. The van der Waals surface area contributed by atoms with E-state index in [0.717, 1.165) is 0 Å². The van der Waals surface area contributed by atoms with E-state index in [9.17, 15) is 19.7 Å². The fourth-order valence-corrected chi connectivity index (χ4v) is 3.26. The van der Waals surface area contributed by atoms with Crippen molar-refractivity contribution in [2.24, 2.45) is 0 Å². The highest BCUT2D eigenvalue weighted by Gasteiger charge is 2.40. The fraction of sp³-hybridized carbons (Fsp3) is 0.368. The van der Waals surface area contributed by atoms with Gasteiger partial charge in [0.05, 0.1) is 35.7 Å².